The van der Waals surface area contributed by atoms with Gasteiger partial charge in [0.25, 0.3) is 11.8 Å². The lowest BCUT2D eigenvalue weighted by Crippen LogP contribution is -2.33. The van der Waals surface area contributed by atoms with Gasteiger partial charge in [-0.25, -0.2) is 16.8 Å². The zero-order chi connectivity index (χ0) is 30.8. The van der Waals surface area contributed by atoms with E-state index in [0.717, 1.165) is 35.1 Å². The number of benzene rings is 2. The lowest BCUT2D eigenvalue weighted by molar-refractivity contribution is -0.112. The van der Waals surface area contributed by atoms with Crippen molar-refractivity contribution in [2.45, 2.75) is 33.1 Å². The van der Waals surface area contributed by atoms with Gasteiger partial charge < -0.3 is 15.6 Å². The second kappa shape index (κ2) is 11.8. The summed E-state index contributed by atoms with van der Waals surface area (Å²) in [5.74, 6) is -1.08. The minimum absolute atomic E-state index is 0.0106. The minimum atomic E-state index is -4.23. The average Bonchev–Trinajstić information content (AvgIpc) is 3.31. The molecule has 3 rings (SSSR count). The van der Waals surface area contributed by atoms with Crippen LogP contribution in [0.25, 0.3) is 10.9 Å². The first-order chi connectivity index (χ1) is 18.9. The number of hydrogen-bond acceptors (Lipinski definition) is 6. The minimum Gasteiger partial charge on any atom is -0.361 e. The molecule has 1 aromatic heterocycles. The Kier molecular flexibility index (Phi) is 8.99. The predicted octanol–water partition coefficient (Wildman–Crippen LogP) is 4.40. The van der Waals surface area contributed by atoms with Crippen molar-refractivity contribution in [1.29, 1.82) is 0 Å². The summed E-state index contributed by atoms with van der Waals surface area (Å²) in [5, 5.41) is 6.42. The van der Waals surface area contributed by atoms with Crippen molar-refractivity contribution in [1.82, 2.24) is 14.0 Å². The molecule has 0 aliphatic carbocycles. The molecule has 0 spiro atoms. The first kappa shape index (κ1) is 31.4. The monoisotopic (exact) mass is 598 g/mol. The molecule has 3 aromatic rings. The summed E-state index contributed by atoms with van der Waals surface area (Å²) in [6, 6.07) is 14.2. The Morgan fingerprint density at radius 1 is 0.927 bits per heavy atom. The van der Waals surface area contributed by atoms with Crippen molar-refractivity contribution < 1.29 is 26.4 Å². The molecule has 0 fully saturated rings. The van der Waals surface area contributed by atoms with Crippen LogP contribution in [0.2, 0.25) is 0 Å². The number of allylic oxidation sites excluding steroid dienone is 2. The number of rotatable bonds is 9. The third-order valence-corrected chi connectivity index (χ3v) is 9.40. The van der Waals surface area contributed by atoms with Crippen LogP contribution in [-0.4, -0.2) is 49.9 Å². The smallest absolute Gasteiger partial charge is 0.255 e. The number of fused-ring (bicyclic) bond motifs is 1. The maximum atomic E-state index is 13.2. The SMILES string of the molecule is C=C(/C=C\C(NC(=O)c1ccc(C(C)(C)C)cc1)=C(/C)C(=O)Nc1ccc2cc[nH]c2c1)N(S(C)(=O)=O)S(C)(=O)=O. The Labute approximate surface area is 240 Å². The summed E-state index contributed by atoms with van der Waals surface area (Å²) in [7, 11) is -8.47. The van der Waals surface area contributed by atoms with E-state index < -0.39 is 37.6 Å². The molecule has 10 nitrogen and oxygen atoms in total. The number of hydrogen-bond donors (Lipinski definition) is 3. The lowest BCUT2D eigenvalue weighted by Gasteiger charge is -2.20. The van der Waals surface area contributed by atoms with Crippen LogP contribution in [0.3, 0.4) is 0 Å². The zero-order valence-electron chi connectivity index (χ0n) is 23.8. The van der Waals surface area contributed by atoms with Gasteiger partial charge >= 0.3 is 0 Å². The van der Waals surface area contributed by atoms with Crippen LogP contribution in [0.4, 0.5) is 5.69 Å². The van der Waals surface area contributed by atoms with Gasteiger partial charge in [0.1, 0.15) is 0 Å². The van der Waals surface area contributed by atoms with Crippen molar-refractivity contribution >= 4 is 48.5 Å². The Morgan fingerprint density at radius 3 is 2.10 bits per heavy atom. The standard InChI is InChI=1S/C29H34N4O6S2/c1-19(33(40(6,36)37)41(7,38)39)8-15-25(32-28(35)22-9-12-23(13-10-22)29(3,4)5)20(2)27(34)31-24-14-11-21-16-17-30-26(21)18-24/h8-18,30H,1H2,2-7H3,(H,31,34)(H,32,35)/b15-8-,25-20-. The van der Waals surface area contributed by atoms with E-state index >= 15 is 0 Å². The number of amides is 2. The molecule has 0 unspecified atom stereocenters. The summed E-state index contributed by atoms with van der Waals surface area (Å²) in [6.07, 6.45) is 5.56. The van der Waals surface area contributed by atoms with E-state index in [4.69, 9.17) is 0 Å². The van der Waals surface area contributed by atoms with E-state index in [1.165, 1.54) is 13.0 Å². The molecule has 0 saturated carbocycles. The fourth-order valence-electron chi connectivity index (χ4n) is 3.96. The molecule has 0 aliphatic heterocycles. The van der Waals surface area contributed by atoms with E-state index in [9.17, 15) is 26.4 Å². The van der Waals surface area contributed by atoms with Gasteiger partial charge in [0.15, 0.2) is 0 Å². The van der Waals surface area contributed by atoms with Crippen molar-refractivity contribution in [3.63, 3.8) is 0 Å². The van der Waals surface area contributed by atoms with Crippen LogP contribution in [0.15, 0.2) is 90.4 Å². The molecular weight excluding hydrogens is 564 g/mol. The van der Waals surface area contributed by atoms with Crippen LogP contribution >= 0.6 is 0 Å². The highest BCUT2D eigenvalue weighted by molar-refractivity contribution is 8.03. The fraction of sp³-hybridized carbons (Fsp3) is 0.241. The number of anilines is 1. The first-order valence-corrected chi connectivity index (χ1v) is 16.2. The van der Waals surface area contributed by atoms with Crippen LogP contribution in [0, 0.1) is 0 Å². The number of aromatic amines is 1. The molecule has 0 aliphatic rings. The highest BCUT2D eigenvalue weighted by Crippen LogP contribution is 2.23. The van der Waals surface area contributed by atoms with Gasteiger partial charge in [-0.05, 0) is 65.8 Å². The molecule has 12 heteroatoms. The van der Waals surface area contributed by atoms with Gasteiger partial charge in [-0.3, -0.25) is 9.59 Å². The van der Waals surface area contributed by atoms with Gasteiger partial charge in [0, 0.05) is 34.2 Å². The van der Waals surface area contributed by atoms with Crippen LogP contribution in [0.1, 0.15) is 43.6 Å². The second-order valence-electron chi connectivity index (χ2n) is 10.6. The molecule has 2 aromatic carbocycles. The Morgan fingerprint density at radius 2 is 1.54 bits per heavy atom. The van der Waals surface area contributed by atoms with E-state index in [2.05, 4.69) is 22.2 Å². The van der Waals surface area contributed by atoms with Crippen molar-refractivity contribution in [3.05, 3.63) is 102 Å². The summed E-state index contributed by atoms with van der Waals surface area (Å²) in [6.45, 7) is 11.2. The number of sulfonamides is 2. The number of nitrogens with one attached hydrogen (secondary N) is 3. The van der Waals surface area contributed by atoms with Gasteiger partial charge in [-0.15, -0.1) is 0 Å². The Hall–Kier alpha value is -4.16. The molecule has 2 amide bonds. The van der Waals surface area contributed by atoms with E-state index in [1.54, 1.807) is 30.5 Å². The fourth-order valence-corrected chi connectivity index (χ4v) is 6.90. The average molecular weight is 599 g/mol. The van der Waals surface area contributed by atoms with Crippen LogP contribution in [0.5, 0.6) is 0 Å². The number of carbonyl (C=O) groups is 2. The molecule has 218 valence electrons. The van der Waals surface area contributed by atoms with Crippen LogP contribution < -0.4 is 10.6 Å². The van der Waals surface area contributed by atoms with Crippen molar-refractivity contribution in [2.75, 3.05) is 17.8 Å². The van der Waals surface area contributed by atoms with Gasteiger partial charge in [0.05, 0.1) is 18.2 Å². The summed E-state index contributed by atoms with van der Waals surface area (Å²) < 4.78 is 48.8. The van der Waals surface area contributed by atoms with Gasteiger partial charge in [-0.1, -0.05) is 45.5 Å². The van der Waals surface area contributed by atoms with Crippen molar-refractivity contribution in [3.8, 4) is 0 Å². The summed E-state index contributed by atoms with van der Waals surface area (Å²) in [5.41, 5.74) is 2.23. The third kappa shape index (κ3) is 7.95. The molecule has 0 radical (unpaired) electrons. The third-order valence-electron chi connectivity index (χ3n) is 6.10. The molecule has 0 bridgehead atoms. The highest BCUT2D eigenvalue weighted by atomic mass is 32.3. The number of aromatic nitrogens is 1. The predicted molar refractivity (Wildman–Crippen MR) is 162 cm³/mol. The van der Waals surface area contributed by atoms with E-state index in [0.29, 0.717) is 11.3 Å². The Balaban J connectivity index is 1.98. The van der Waals surface area contributed by atoms with Gasteiger partial charge in [0.2, 0.25) is 20.0 Å². The Bertz CT molecular complexity index is 1740. The lowest BCUT2D eigenvalue weighted by atomic mass is 9.86. The largest absolute Gasteiger partial charge is 0.361 e. The molecule has 0 saturated heterocycles. The normalized spacial score (nSPS) is 13.1. The quantitative estimate of drug-likeness (QED) is 0.246. The zero-order valence-corrected chi connectivity index (χ0v) is 25.4. The molecule has 41 heavy (non-hydrogen) atoms. The van der Waals surface area contributed by atoms with Crippen LogP contribution in [-0.2, 0) is 30.3 Å². The molecular formula is C29H34N4O6S2. The van der Waals surface area contributed by atoms with E-state index in [-0.39, 0.29) is 20.4 Å². The number of H-pyrrole nitrogens is 1. The number of carbonyl (C=O) groups excluding carboxylic acids is 2. The second-order valence-corrected chi connectivity index (χ2v) is 14.5. The van der Waals surface area contributed by atoms with Gasteiger partial charge in [-0.2, -0.15) is 3.71 Å². The molecule has 0 atom stereocenters. The molecule has 3 N–H and O–H groups in total. The highest BCUT2D eigenvalue weighted by Gasteiger charge is 2.27. The first-order valence-electron chi connectivity index (χ1n) is 12.5. The maximum absolute atomic E-state index is 13.2. The van der Waals surface area contributed by atoms with Crippen molar-refractivity contribution in [2.24, 2.45) is 0 Å². The van der Waals surface area contributed by atoms with E-state index in [1.807, 2.05) is 45.0 Å². The molecule has 1 heterocycles. The topological polar surface area (TPSA) is 146 Å². The maximum Gasteiger partial charge on any atom is 0.255 e. The summed E-state index contributed by atoms with van der Waals surface area (Å²) >= 11 is 0. The number of nitrogens with zero attached hydrogens (tertiary/aromatic N) is 1. The summed E-state index contributed by atoms with van der Waals surface area (Å²) in [4.78, 5) is 29.5.